The number of aliphatic hydroxyl groups is 1. The Morgan fingerprint density at radius 2 is 1.68 bits per heavy atom. The number of rotatable bonds is 11. The van der Waals surface area contributed by atoms with Crippen LogP contribution in [0.4, 0.5) is 0 Å². The minimum atomic E-state index is -1.34. The second-order valence-electron chi connectivity index (χ2n) is 13.4. The summed E-state index contributed by atoms with van der Waals surface area (Å²) in [5.41, 5.74) is -0.587. The molecule has 0 unspecified atom stereocenters. The van der Waals surface area contributed by atoms with Crippen LogP contribution in [0.25, 0.3) is 0 Å². The van der Waals surface area contributed by atoms with Crippen molar-refractivity contribution >= 4 is 23.7 Å². The lowest BCUT2D eigenvalue weighted by Gasteiger charge is -2.35. The third-order valence-corrected chi connectivity index (χ3v) is 10.4. The average molecular weight is 650 g/mol. The number of esters is 1. The van der Waals surface area contributed by atoms with Gasteiger partial charge in [-0.25, -0.2) is 0 Å². The highest BCUT2D eigenvalue weighted by Crippen LogP contribution is 2.53. The minimum absolute atomic E-state index is 0.0654. The van der Waals surface area contributed by atoms with Gasteiger partial charge in [-0.1, -0.05) is 87.2 Å². The van der Waals surface area contributed by atoms with Crippen LogP contribution in [0.5, 0.6) is 0 Å². The topological polar surface area (TPSA) is 117 Å². The second kappa shape index (κ2) is 15.6. The molecule has 7 atom stereocenters. The predicted octanol–water partition coefficient (Wildman–Crippen LogP) is 4.19. The summed E-state index contributed by atoms with van der Waals surface area (Å²) in [6.07, 6.45) is 12.4. The van der Waals surface area contributed by atoms with E-state index in [0.29, 0.717) is 38.9 Å². The van der Waals surface area contributed by atoms with E-state index in [-0.39, 0.29) is 30.7 Å². The molecule has 5 rings (SSSR count). The fourth-order valence-electron chi connectivity index (χ4n) is 7.68. The third-order valence-electron chi connectivity index (χ3n) is 10.4. The number of nitrogens with zero attached hydrogens (tertiary/aromatic N) is 3. The molecule has 0 aromatic heterocycles. The minimum Gasteiger partial charge on any atom is -0.455 e. The Morgan fingerprint density at radius 1 is 0.936 bits per heavy atom. The zero-order chi connectivity index (χ0) is 33.6. The molecule has 1 aromatic carbocycles. The van der Waals surface area contributed by atoms with Crippen molar-refractivity contribution in [3.8, 4) is 0 Å². The number of likely N-dealkylation sites (N-methyl/N-ethyl adjacent to an activating group) is 1. The molecular formula is C37H51N3O7. The van der Waals surface area contributed by atoms with E-state index in [1.807, 2.05) is 60.4 Å². The molecule has 10 nitrogen and oxygen atoms in total. The number of benzene rings is 1. The molecule has 2 fully saturated rings. The van der Waals surface area contributed by atoms with E-state index in [4.69, 9.17) is 9.47 Å². The number of hydrogen-bond acceptors (Lipinski definition) is 7. The fraction of sp³-hybridized carbons (Fsp3) is 0.622. The van der Waals surface area contributed by atoms with Gasteiger partial charge in [0.1, 0.15) is 23.7 Å². The Labute approximate surface area is 278 Å². The zero-order valence-corrected chi connectivity index (χ0v) is 28.1. The van der Waals surface area contributed by atoms with Gasteiger partial charge in [0.25, 0.3) is 0 Å². The Hall–Kier alpha value is -3.50. The highest BCUT2D eigenvalue weighted by molar-refractivity contribution is 5.99. The van der Waals surface area contributed by atoms with Crippen molar-refractivity contribution < 1.29 is 33.8 Å². The Bertz CT molecular complexity index is 1330. The number of allylic oxidation sites excluding steroid dienone is 1. The predicted molar refractivity (Wildman–Crippen MR) is 177 cm³/mol. The first-order valence-electron chi connectivity index (χ1n) is 17.5. The molecule has 3 amide bonds. The molecule has 256 valence electrons. The first-order valence-corrected chi connectivity index (χ1v) is 17.5. The summed E-state index contributed by atoms with van der Waals surface area (Å²) in [7, 11) is 1.72. The largest absolute Gasteiger partial charge is 0.455 e. The van der Waals surface area contributed by atoms with E-state index in [1.54, 1.807) is 22.9 Å². The lowest BCUT2D eigenvalue weighted by atomic mass is 9.77. The van der Waals surface area contributed by atoms with Gasteiger partial charge in [0.15, 0.2) is 0 Å². The van der Waals surface area contributed by atoms with E-state index >= 15 is 0 Å². The highest BCUT2D eigenvalue weighted by Gasteiger charge is 2.71. The summed E-state index contributed by atoms with van der Waals surface area (Å²) < 4.78 is 13.2. The van der Waals surface area contributed by atoms with Crippen molar-refractivity contribution in [3.63, 3.8) is 0 Å². The van der Waals surface area contributed by atoms with Gasteiger partial charge in [-0.3, -0.25) is 19.2 Å². The van der Waals surface area contributed by atoms with Gasteiger partial charge in [0.05, 0.1) is 18.1 Å². The molecule has 4 aliphatic rings. The first-order chi connectivity index (χ1) is 22.7. The number of ether oxygens (including phenoxy) is 2. The monoisotopic (exact) mass is 649 g/mol. The van der Waals surface area contributed by atoms with Gasteiger partial charge in [-0.15, -0.1) is 0 Å². The Morgan fingerprint density at radius 3 is 2.43 bits per heavy atom. The molecule has 0 radical (unpaired) electrons. The zero-order valence-electron chi connectivity index (χ0n) is 28.1. The molecule has 10 heteroatoms. The van der Waals surface area contributed by atoms with Crippen molar-refractivity contribution in [1.29, 1.82) is 0 Å². The van der Waals surface area contributed by atoms with E-state index < -0.39 is 47.7 Å². The molecule has 1 spiro atoms. The van der Waals surface area contributed by atoms with Crippen molar-refractivity contribution in [2.24, 2.45) is 11.8 Å². The standard InChI is InChI=1S/C37H51N3O7/c1-4-5-13-22-39-23-16-21-37-31(34(43)40(33(37)35(39)44)24-14-6-7-15-25-41)30-28(47-37)19-11-12-20-29(42)38(3)26(2)32(46-36(30)45)27-17-9-8-10-18-27/h8-11,16-19,21,26,28,30-33,41H,4-7,12-15,20,22-25H2,1-3H3/b19-11-/t26-,28-,30+,31+,32+,33-,37+/m0/s1. The molecule has 0 bridgehead atoms. The van der Waals surface area contributed by atoms with Crippen LogP contribution in [-0.4, -0.2) is 101 Å². The van der Waals surface area contributed by atoms with E-state index in [2.05, 4.69) is 6.92 Å². The molecule has 0 saturated carbocycles. The van der Waals surface area contributed by atoms with Crippen LogP contribution in [0, 0.1) is 11.8 Å². The molecule has 2 saturated heterocycles. The second-order valence-corrected chi connectivity index (χ2v) is 13.4. The SMILES string of the molecule is CCCCCN1CC=C[C@@]23O[C@H]4/C=C\CCC(=O)N(C)[C@@H](C)[C@H](c5ccccc5)OC(=O)[C@H]4[C@@H]2C(=O)N(CCCCCCO)[C@H]3C1=O. The number of likely N-dealkylation sites (tertiary alicyclic amines) is 1. The van der Waals surface area contributed by atoms with Crippen LogP contribution >= 0.6 is 0 Å². The fourth-order valence-corrected chi connectivity index (χ4v) is 7.68. The summed E-state index contributed by atoms with van der Waals surface area (Å²) in [5.74, 6) is -3.00. The quantitative estimate of drug-likeness (QED) is 0.217. The lowest BCUT2D eigenvalue weighted by molar-refractivity contribution is -0.164. The summed E-state index contributed by atoms with van der Waals surface area (Å²) in [4.78, 5) is 61.7. The van der Waals surface area contributed by atoms with E-state index in [0.717, 1.165) is 37.7 Å². The number of aliphatic hydroxyl groups excluding tert-OH is 1. The molecule has 47 heavy (non-hydrogen) atoms. The van der Waals surface area contributed by atoms with Crippen LogP contribution in [0.3, 0.4) is 0 Å². The van der Waals surface area contributed by atoms with Crippen molar-refractivity contribution in [1.82, 2.24) is 14.7 Å². The van der Waals surface area contributed by atoms with Crippen molar-refractivity contribution in [2.45, 2.75) is 102 Å². The van der Waals surface area contributed by atoms with Crippen LogP contribution < -0.4 is 0 Å². The number of hydrogen-bond donors (Lipinski definition) is 1. The number of cyclic esters (lactones) is 1. The molecule has 4 aliphatic heterocycles. The number of fused-ring (bicyclic) bond motifs is 2. The summed E-state index contributed by atoms with van der Waals surface area (Å²) >= 11 is 0. The number of unbranched alkanes of at least 4 members (excludes halogenated alkanes) is 5. The van der Waals surface area contributed by atoms with Crippen LogP contribution in [0.1, 0.15) is 83.3 Å². The summed E-state index contributed by atoms with van der Waals surface area (Å²) in [6.45, 7) is 5.45. The Kier molecular flexibility index (Phi) is 11.6. The number of carbonyl (C=O) groups excluding carboxylic acids is 4. The van der Waals surface area contributed by atoms with Gasteiger partial charge in [-0.05, 0) is 38.2 Å². The third kappa shape index (κ3) is 7.04. The van der Waals surface area contributed by atoms with Gasteiger partial charge < -0.3 is 29.3 Å². The van der Waals surface area contributed by atoms with Crippen LogP contribution in [-0.2, 0) is 28.7 Å². The van der Waals surface area contributed by atoms with Gasteiger partial charge >= 0.3 is 5.97 Å². The van der Waals surface area contributed by atoms with Crippen molar-refractivity contribution in [3.05, 3.63) is 60.2 Å². The normalized spacial score (nSPS) is 31.9. The number of amides is 3. The van der Waals surface area contributed by atoms with E-state index in [9.17, 15) is 24.3 Å². The molecule has 4 heterocycles. The first kappa shape index (κ1) is 34.8. The summed E-state index contributed by atoms with van der Waals surface area (Å²) in [5, 5.41) is 9.24. The molecule has 1 N–H and O–H groups in total. The van der Waals surface area contributed by atoms with Gasteiger partial charge in [0, 0.05) is 39.7 Å². The average Bonchev–Trinajstić information content (AvgIpc) is 3.46. The molecular weight excluding hydrogens is 598 g/mol. The lowest BCUT2D eigenvalue weighted by Crippen LogP contribution is -2.55. The maximum atomic E-state index is 14.6. The highest BCUT2D eigenvalue weighted by atomic mass is 16.6. The summed E-state index contributed by atoms with van der Waals surface area (Å²) in [6, 6.07) is 7.99. The van der Waals surface area contributed by atoms with Gasteiger partial charge in [-0.2, -0.15) is 0 Å². The van der Waals surface area contributed by atoms with Crippen LogP contribution in [0.15, 0.2) is 54.6 Å². The van der Waals surface area contributed by atoms with Crippen LogP contribution in [0.2, 0.25) is 0 Å². The van der Waals surface area contributed by atoms with E-state index in [1.165, 1.54) is 0 Å². The number of carbonyl (C=O) groups is 4. The van der Waals surface area contributed by atoms with Crippen molar-refractivity contribution in [2.75, 3.05) is 33.3 Å². The molecule has 1 aromatic rings. The van der Waals surface area contributed by atoms with Gasteiger partial charge in [0.2, 0.25) is 17.7 Å². The smallest absolute Gasteiger partial charge is 0.313 e. The maximum absolute atomic E-state index is 14.6. The maximum Gasteiger partial charge on any atom is 0.313 e. The molecule has 0 aliphatic carbocycles. The Balaban J connectivity index is 1.54.